The zero-order valence-corrected chi connectivity index (χ0v) is 43.9. The lowest BCUT2D eigenvalue weighted by Gasteiger charge is -2.40. The van der Waals surface area contributed by atoms with Crippen LogP contribution in [0.15, 0.2) is 23.2 Å². The van der Waals surface area contributed by atoms with Gasteiger partial charge < -0.3 is 72.6 Å². The number of ether oxygens (including phenoxy) is 1. The largest absolute Gasteiger partial charge is 0.497 e. The second-order valence-corrected chi connectivity index (χ2v) is 25.6. The van der Waals surface area contributed by atoms with Crippen molar-refractivity contribution in [3.8, 4) is 5.75 Å². The van der Waals surface area contributed by atoms with E-state index >= 15 is 0 Å². The van der Waals surface area contributed by atoms with Gasteiger partial charge in [0.2, 0.25) is 47.3 Å². The van der Waals surface area contributed by atoms with Crippen LogP contribution in [0.25, 0.3) is 10.9 Å². The van der Waals surface area contributed by atoms with E-state index in [-0.39, 0.29) is 23.6 Å². The molecular weight excluding hydrogens is 961 g/mol. The molecule has 394 valence electrons. The molecule has 0 radical (unpaired) electrons. The number of aromatic nitrogens is 1. The van der Waals surface area contributed by atoms with Crippen LogP contribution in [-0.4, -0.2) is 163 Å². The second kappa shape index (κ2) is 24.6. The number of nitrogens with two attached hydrogens (primary N) is 2. The number of primary amides is 1. The van der Waals surface area contributed by atoms with Crippen LogP contribution in [-0.2, 0) is 54.0 Å². The van der Waals surface area contributed by atoms with E-state index in [0.29, 0.717) is 33.7 Å². The molecule has 1 saturated heterocycles. The molecule has 2 aliphatic rings. The van der Waals surface area contributed by atoms with Gasteiger partial charge in [0, 0.05) is 48.6 Å². The number of aliphatic hydroxyl groups excluding tert-OH is 1. The van der Waals surface area contributed by atoms with Crippen LogP contribution in [0.1, 0.15) is 73.3 Å². The van der Waals surface area contributed by atoms with Gasteiger partial charge in [0.25, 0.3) is 0 Å². The molecule has 1 aromatic heterocycles. The summed E-state index contributed by atoms with van der Waals surface area (Å²) in [4.78, 5) is 126. The number of hydrogen-bond acceptors (Lipinski definition) is 14. The average molecular weight is 1030 g/mol. The third-order valence-electron chi connectivity index (χ3n) is 13.6. The molecule has 1 fully saturated rings. The Morgan fingerprint density at radius 3 is 2.23 bits per heavy atom. The van der Waals surface area contributed by atoms with Crippen LogP contribution in [0, 0.1) is 11.8 Å². The minimum Gasteiger partial charge on any atom is -0.497 e. The number of nitrogens with one attached hydrogen (secondary N) is 7. The summed E-state index contributed by atoms with van der Waals surface area (Å²) in [6.45, 7) is 15.9. The standard InChI is InChI=1S/C46H72N10O13SSi/c1-11-22(2)38-42(64)50-18-35(59)51-32(40(62)53-31(17-34(47)58)44(65)56-20-25(57)14-33(56)45(66)67)21-70-43-28(27-13-12-26(68-8)15-29(27)54-43)16-30(39(61)49-19-36(60)55-38)52-41(63)37(48)23(3)24(4)69-71(9,10)46(5,6)7/h12-13,15,22-25,30-33,37-38,54,57H,11,14,16-21,48H2,1-10H3,(H2,47,58)(H,49,61)(H,50,64)(H,51,59)(H,52,63)(H,53,62)(H,55,60)(H,66,67)/t22-,23-,24?,25+,30+,31+,32+,33-,37-,38-/m0/s1. The molecule has 0 saturated carbocycles. The number of thioether (sulfide) groups is 1. The van der Waals surface area contributed by atoms with Crippen molar-refractivity contribution in [2.45, 2.75) is 146 Å². The van der Waals surface area contributed by atoms with E-state index in [1.54, 1.807) is 39.0 Å². The molecule has 0 aliphatic carbocycles. The molecule has 2 aliphatic heterocycles. The number of methoxy groups -OCH3 is 1. The van der Waals surface area contributed by atoms with E-state index in [1.165, 1.54) is 7.11 Å². The van der Waals surface area contributed by atoms with Gasteiger partial charge in [-0.1, -0.05) is 48.0 Å². The summed E-state index contributed by atoms with van der Waals surface area (Å²) in [5.41, 5.74) is 13.1. The van der Waals surface area contributed by atoms with E-state index < -0.39 is 148 Å². The summed E-state index contributed by atoms with van der Waals surface area (Å²) in [7, 11) is -0.830. The van der Waals surface area contributed by atoms with Crippen molar-refractivity contribution in [2.24, 2.45) is 23.3 Å². The van der Waals surface area contributed by atoms with Crippen molar-refractivity contribution in [3.63, 3.8) is 0 Å². The van der Waals surface area contributed by atoms with Crippen LogP contribution < -0.4 is 48.1 Å². The van der Waals surface area contributed by atoms with E-state index in [9.17, 15) is 53.4 Å². The lowest BCUT2D eigenvalue weighted by molar-refractivity contribution is -0.149. The maximum Gasteiger partial charge on any atom is 0.326 e. The molecular formula is C46H72N10O13SSi. The van der Waals surface area contributed by atoms with Gasteiger partial charge in [0.05, 0.1) is 49.3 Å². The van der Waals surface area contributed by atoms with E-state index in [0.717, 1.165) is 16.7 Å². The van der Waals surface area contributed by atoms with Crippen LogP contribution >= 0.6 is 11.8 Å². The van der Waals surface area contributed by atoms with E-state index in [2.05, 4.69) is 70.7 Å². The SMILES string of the molecule is CC[C@H](C)[C@@H]1NC(=O)CNC(=O)[C@H](NC(=O)[C@@H](N)[C@@H](C)C(C)O[Si](C)(C)C(C)(C)C)Cc2c([nH]c3cc(OC)ccc23)SC[C@H](C(=O)N[C@H](CC(N)=O)C(=O)N2C[C@H](O)C[C@H]2C(=O)O)NC(=O)CNC1=O. The quantitative estimate of drug-likeness (QED) is 0.0987. The Kier molecular flexibility index (Phi) is 20.0. The summed E-state index contributed by atoms with van der Waals surface area (Å²) in [6.07, 6.45) is -2.53. The first kappa shape index (κ1) is 57.8. The number of aromatic amines is 1. The number of aliphatic carboxylic acids is 1. The highest BCUT2D eigenvalue weighted by molar-refractivity contribution is 7.99. The minimum absolute atomic E-state index is 0.134. The predicted octanol–water partition coefficient (Wildman–Crippen LogP) is -0.662. The first-order chi connectivity index (χ1) is 33.1. The van der Waals surface area contributed by atoms with E-state index in [4.69, 9.17) is 20.6 Å². The summed E-state index contributed by atoms with van der Waals surface area (Å²) in [5, 5.41) is 36.3. The molecule has 0 bridgehead atoms. The zero-order chi connectivity index (χ0) is 53.3. The number of amides is 8. The smallest absolute Gasteiger partial charge is 0.326 e. The van der Waals surface area contributed by atoms with E-state index in [1.807, 2.05) is 6.92 Å². The van der Waals surface area contributed by atoms with Crippen molar-refractivity contribution in [1.82, 2.24) is 41.8 Å². The predicted molar refractivity (Wildman–Crippen MR) is 265 cm³/mol. The molecule has 1 unspecified atom stereocenters. The first-order valence-electron chi connectivity index (χ1n) is 23.6. The topological polar surface area (TPSA) is 356 Å². The molecule has 13 N–H and O–H groups in total. The van der Waals surface area contributed by atoms with Gasteiger partial charge in [-0.15, -0.1) is 11.8 Å². The van der Waals surface area contributed by atoms with Gasteiger partial charge >= 0.3 is 5.97 Å². The monoisotopic (exact) mass is 1030 g/mol. The Bertz CT molecular complexity index is 2330. The number of carbonyl (C=O) groups is 9. The lowest BCUT2D eigenvalue weighted by Crippen LogP contribution is -2.58. The van der Waals surface area contributed by atoms with Gasteiger partial charge in [-0.25, -0.2) is 4.79 Å². The number of carboxylic acids is 1. The van der Waals surface area contributed by atoms with Gasteiger partial charge in [-0.2, -0.15) is 0 Å². The molecule has 3 heterocycles. The molecule has 2 aromatic rings. The molecule has 0 spiro atoms. The summed E-state index contributed by atoms with van der Waals surface area (Å²) in [6, 6.07) is -3.38. The van der Waals surface area contributed by atoms with Gasteiger partial charge in [-0.05, 0) is 48.7 Å². The third-order valence-corrected chi connectivity index (χ3v) is 19.3. The number of hydrogen-bond donors (Lipinski definition) is 11. The number of carboxylic acid groups (broad SMARTS) is 1. The lowest BCUT2D eigenvalue weighted by atomic mass is 9.96. The normalized spacial score (nSPS) is 23.2. The fourth-order valence-corrected chi connectivity index (χ4v) is 10.5. The van der Waals surface area contributed by atoms with Crippen molar-refractivity contribution in [1.29, 1.82) is 0 Å². The highest BCUT2D eigenvalue weighted by Gasteiger charge is 2.43. The average Bonchev–Trinajstić information content (AvgIpc) is 3.86. The molecule has 71 heavy (non-hydrogen) atoms. The van der Waals surface area contributed by atoms with Gasteiger partial charge in [0.1, 0.15) is 36.0 Å². The van der Waals surface area contributed by atoms with Gasteiger partial charge in [0.15, 0.2) is 8.32 Å². The molecule has 4 rings (SSSR count). The van der Waals surface area contributed by atoms with Gasteiger partial charge in [-0.3, -0.25) is 38.4 Å². The first-order valence-corrected chi connectivity index (χ1v) is 27.5. The number of fused-ring (bicyclic) bond motifs is 3. The molecule has 1 aromatic carbocycles. The highest BCUT2D eigenvalue weighted by Crippen LogP contribution is 2.38. The fourth-order valence-electron chi connectivity index (χ4n) is 7.88. The van der Waals surface area contributed by atoms with Crippen molar-refractivity contribution < 1.29 is 62.5 Å². The number of likely N-dealkylation sites (tertiary alicyclic amines) is 1. The zero-order valence-electron chi connectivity index (χ0n) is 42.1. The number of β-amino-alcohol motifs (C(OH)–C–C–N with tert-alkyl or cyclic N) is 1. The van der Waals surface area contributed by atoms with Crippen LogP contribution in [0.4, 0.5) is 0 Å². The number of benzene rings is 1. The van der Waals surface area contributed by atoms with Crippen LogP contribution in [0.5, 0.6) is 5.75 Å². The summed E-state index contributed by atoms with van der Waals surface area (Å²) < 4.78 is 12.0. The maximum atomic E-state index is 14.3. The Morgan fingerprint density at radius 1 is 1.00 bits per heavy atom. The molecule has 10 atom stereocenters. The fraction of sp³-hybridized carbons (Fsp3) is 0.630. The molecule has 25 heteroatoms. The Balaban J connectivity index is 1.79. The second-order valence-electron chi connectivity index (χ2n) is 19.8. The van der Waals surface area contributed by atoms with Crippen LogP contribution in [0.3, 0.4) is 0 Å². The van der Waals surface area contributed by atoms with Crippen molar-refractivity contribution in [3.05, 3.63) is 23.8 Å². The Hall–Kier alpha value is -5.76. The van der Waals surface area contributed by atoms with Crippen LogP contribution in [0.2, 0.25) is 18.1 Å². The van der Waals surface area contributed by atoms with Crippen molar-refractivity contribution >= 4 is 84.2 Å². The Morgan fingerprint density at radius 2 is 1.63 bits per heavy atom. The minimum atomic E-state index is -2.30. The Labute approximate surface area is 418 Å². The van der Waals surface area contributed by atoms with Crippen molar-refractivity contribution in [2.75, 3.05) is 32.5 Å². The number of H-pyrrole nitrogens is 1. The maximum absolute atomic E-state index is 14.3. The third kappa shape index (κ3) is 15.1. The number of aliphatic hydroxyl groups is 1. The molecule has 8 amide bonds. The highest BCUT2D eigenvalue weighted by atomic mass is 32.2. The summed E-state index contributed by atoms with van der Waals surface area (Å²) >= 11 is 0.997. The molecule has 23 nitrogen and oxygen atoms in total. The number of nitrogens with zero attached hydrogens (tertiary/aromatic N) is 1. The number of carbonyl (C=O) groups excluding carboxylic acids is 8. The summed E-state index contributed by atoms with van der Waals surface area (Å²) in [5.74, 6) is -9.14. The number of rotatable bonds is 15.